The molecule has 2 aromatic rings. The number of nitrogens with one attached hydrogen (secondary N) is 1. The molecule has 0 unspecified atom stereocenters. The third-order valence-corrected chi connectivity index (χ3v) is 4.05. The highest BCUT2D eigenvalue weighted by Crippen LogP contribution is 2.23. The molecule has 1 amide bonds. The van der Waals surface area contributed by atoms with Crippen LogP contribution in [0.3, 0.4) is 0 Å². The Morgan fingerprint density at radius 1 is 1.50 bits per heavy atom. The second-order valence-corrected chi connectivity index (χ2v) is 5.52. The van der Waals surface area contributed by atoms with Crippen LogP contribution < -0.4 is 5.32 Å². The number of aromatic nitrogens is 2. The summed E-state index contributed by atoms with van der Waals surface area (Å²) in [5, 5.41) is 3.87. The predicted octanol–water partition coefficient (Wildman–Crippen LogP) is 1.94. The minimum absolute atomic E-state index is 0.106. The molecule has 0 spiro atoms. The number of carbonyl (C=O) groups is 1. The Kier molecular flexibility index (Phi) is 2.99. The molecule has 1 aromatic heterocycles. The van der Waals surface area contributed by atoms with Crippen molar-refractivity contribution in [3.63, 3.8) is 0 Å². The monoisotopic (exact) mass is 261 g/mol. The van der Waals surface area contributed by atoms with Gasteiger partial charge in [0.25, 0.3) is 0 Å². The zero-order valence-corrected chi connectivity index (χ0v) is 11.0. The first-order chi connectivity index (χ1) is 8.74. The number of aryl methyl sites for hydroxylation is 1. The summed E-state index contributed by atoms with van der Waals surface area (Å²) in [6.07, 6.45) is 2.26. The summed E-state index contributed by atoms with van der Waals surface area (Å²) in [6.45, 7) is 0. The summed E-state index contributed by atoms with van der Waals surface area (Å²) in [5.41, 5.74) is 2.08. The largest absolute Gasteiger partial charge is 0.353 e. The highest BCUT2D eigenvalue weighted by molar-refractivity contribution is 7.99. The van der Waals surface area contributed by atoms with Gasteiger partial charge in [-0.3, -0.25) is 4.79 Å². The molecule has 18 heavy (non-hydrogen) atoms. The first-order valence-corrected chi connectivity index (χ1v) is 7.06. The van der Waals surface area contributed by atoms with Crippen molar-refractivity contribution < 1.29 is 4.79 Å². The van der Waals surface area contributed by atoms with Crippen LogP contribution in [-0.4, -0.2) is 27.3 Å². The van der Waals surface area contributed by atoms with Crippen molar-refractivity contribution in [2.75, 3.05) is 5.75 Å². The summed E-state index contributed by atoms with van der Waals surface area (Å²) in [4.78, 5) is 16.1. The Hall–Kier alpha value is -1.49. The van der Waals surface area contributed by atoms with Crippen LogP contribution in [0.1, 0.15) is 12.8 Å². The van der Waals surface area contributed by atoms with E-state index in [1.165, 1.54) is 11.8 Å². The lowest BCUT2D eigenvalue weighted by atomic mass is 10.3. The number of thioether (sulfide) groups is 1. The van der Waals surface area contributed by atoms with E-state index in [9.17, 15) is 4.79 Å². The van der Waals surface area contributed by atoms with Gasteiger partial charge in [0.1, 0.15) is 0 Å². The fourth-order valence-corrected chi connectivity index (χ4v) is 2.68. The molecule has 4 nitrogen and oxygen atoms in total. The average molecular weight is 261 g/mol. The Morgan fingerprint density at radius 3 is 3.00 bits per heavy atom. The topological polar surface area (TPSA) is 46.9 Å². The fourth-order valence-electron chi connectivity index (χ4n) is 1.88. The Labute approximate surface area is 110 Å². The molecular formula is C13H15N3OS. The summed E-state index contributed by atoms with van der Waals surface area (Å²) in [5.74, 6) is 0.544. The lowest BCUT2D eigenvalue weighted by molar-refractivity contribution is -0.118. The van der Waals surface area contributed by atoms with E-state index in [0.29, 0.717) is 11.8 Å². The second-order valence-electron chi connectivity index (χ2n) is 4.57. The molecule has 1 aromatic carbocycles. The Bertz CT molecular complexity index is 589. The Morgan fingerprint density at radius 2 is 2.28 bits per heavy atom. The van der Waals surface area contributed by atoms with E-state index in [0.717, 1.165) is 29.0 Å². The number of hydrogen-bond acceptors (Lipinski definition) is 3. The van der Waals surface area contributed by atoms with Crippen molar-refractivity contribution in [2.45, 2.75) is 24.0 Å². The standard InChI is InChI=1S/C13H15N3OS/c1-16-11-5-3-2-4-10(11)15-13(16)18-8-12(17)14-9-6-7-9/h2-5,9H,6-8H2,1H3,(H,14,17). The number of fused-ring (bicyclic) bond motifs is 1. The molecule has 3 rings (SSSR count). The highest BCUT2D eigenvalue weighted by Gasteiger charge is 2.23. The molecule has 1 N–H and O–H groups in total. The molecule has 0 aliphatic heterocycles. The third-order valence-electron chi connectivity index (χ3n) is 3.02. The molecular weight excluding hydrogens is 246 g/mol. The summed E-state index contributed by atoms with van der Waals surface area (Å²) >= 11 is 1.49. The van der Waals surface area contributed by atoms with Crippen molar-refractivity contribution in [2.24, 2.45) is 7.05 Å². The predicted molar refractivity (Wildman–Crippen MR) is 72.6 cm³/mol. The van der Waals surface area contributed by atoms with Gasteiger partial charge in [0.2, 0.25) is 5.91 Å². The van der Waals surface area contributed by atoms with Gasteiger partial charge in [0.15, 0.2) is 5.16 Å². The summed E-state index contributed by atoms with van der Waals surface area (Å²) in [7, 11) is 1.98. The normalized spacial score (nSPS) is 14.9. The van der Waals surface area contributed by atoms with Crippen LogP contribution in [0.5, 0.6) is 0 Å². The molecule has 94 valence electrons. The molecule has 1 fully saturated rings. The smallest absolute Gasteiger partial charge is 0.230 e. The maximum absolute atomic E-state index is 11.6. The van der Waals surface area contributed by atoms with Crippen LogP contribution in [0.2, 0.25) is 0 Å². The number of nitrogens with zero attached hydrogens (tertiary/aromatic N) is 2. The Balaban J connectivity index is 1.70. The zero-order valence-electron chi connectivity index (χ0n) is 10.2. The van der Waals surface area contributed by atoms with Gasteiger partial charge in [-0.15, -0.1) is 0 Å². The molecule has 1 saturated carbocycles. The fraction of sp³-hybridized carbons (Fsp3) is 0.385. The van der Waals surface area contributed by atoms with Gasteiger partial charge in [-0.05, 0) is 25.0 Å². The van der Waals surface area contributed by atoms with Gasteiger partial charge < -0.3 is 9.88 Å². The lowest BCUT2D eigenvalue weighted by Crippen LogP contribution is -2.27. The maximum atomic E-state index is 11.6. The van der Waals surface area contributed by atoms with E-state index >= 15 is 0 Å². The van der Waals surface area contributed by atoms with Crippen LogP contribution in [0.25, 0.3) is 11.0 Å². The molecule has 1 aliphatic carbocycles. The molecule has 0 radical (unpaired) electrons. The lowest BCUT2D eigenvalue weighted by Gasteiger charge is -2.03. The molecule has 5 heteroatoms. The molecule has 1 heterocycles. The minimum atomic E-state index is 0.106. The summed E-state index contributed by atoms with van der Waals surface area (Å²) < 4.78 is 2.03. The van der Waals surface area contributed by atoms with E-state index in [2.05, 4.69) is 10.3 Å². The average Bonchev–Trinajstić information content (AvgIpc) is 3.12. The molecule has 0 atom stereocenters. The maximum Gasteiger partial charge on any atom is 0.230 e. The zero-order chi connectivity index (χ0) is 12.5. The summed E-state index contributed by atoms with van der Waals surface area (Å²) in [6, 6.07) is 8.43. The molecule has 1 aliphatic rings. The number of carbonyl (C=O) groups excluding carboxylic acids is 1. The van der Waals surface area contributed by atoms with Gasteiger partial charge in [-0.2, -0.15) is 0 Å². The van der Waals surface area contributed by atoms with Gasteiger partial charge in [0, 0.05) is 13.1 Å². The van der Waals surface area contributed by atoms with Gasteiger partial charge in [-0.1, -0.05) is 23.9 Å². The van der Waals surface area contributed by atoms with Crippen molar-refractivity contribution in [1.29, 1.82) is 0 Å². The van der Waals surface area contributed by atoms with E-state index in [4.69, 9.17) is 0 Å². The van der Waals surface area contributed by atoms with Crippen LogP contribution in [0.4, 0.5) is 0 Å². The van der Waals surface area contributed by atoms with E-state index in [1.807, 2.05) is 35.9 Å². The van der Waals surface area contributed by atoms with E-state index < -0.39 is 0 Å². The number of rotatable bonds is 4. The number of benzene rings is 1. The number of imidazole rings is 1. The first kappa shape index (κ1) is 11.6. The molecule has 0 saturated heterocycles. The first-order valence-electron chi connectivity index (χ1n) is 6.07. The van der Waals surface area contributed by atoms with Gasteiger partial charge >= 0.3 is 0 Å². The highest BCUT2D eigenvalue weighted by atomic mass is 32.2. The second kappa shape index (κ2) is 4.65. The quantitative estimate of drug-likeness (QED) is 0.856. The van der Waals surface area contributed by atoms with Crippen LogP contribution >= 0.6 is 11.8 Å². The number of hydrogen-bond donors (Lipinski definition) is 1. The van der Waals surface area contributed by atoms with Crippen molar-refractivity contribution in [1.82, 2.24) is 14.9 Å². The van der Waals surface area contributed by atoms with E-state index in [-0.39, 0.29) is 5.91 Å². The molecule has 0 bridgehead atoms. The van der Waals surface area contributed by atoms with Crippen molar-refractivity contribution in [3.8, 4) is 0 Å². The van der Waals surface area contributed by atoms with Crippen LogP contribution in [0.15, 0.2) is 29.4 Å². The van der Waals surface area contributed by atoms with E-state index in [1.54, 1.807) is 0 Å². The number of amides is 1. The van der Waals surface area contributed by atoms with Gasteiger partial charge in [0.05, 0.1) is 16.8 Å². The SMILES string of the molecule is Cn1c(SCC(=O)NC2CC2)nc2ccccc21. The number of para-hydroxylation sites is 2. The van der Waals surface area contributed by atoms with Crippen LogP contribution in [0, 0.1) is 0 Å². The third kappa shape index (κ3) is 2.36. The van der Waals surface area contributed by atoms with Crippen molar-refractivity contribution in [3.05, 3.63) is 24.3 Å². The minimum Gasteiger partial charge on any atom is -0.353 e. The van der Waals surface area contributed by atoms with Gasteiger partial charge in [-0.25, -0.2) is 4.98 Å². The van der Waals surface area contributed by atoms with Crippen molar-refractivity contribution >= 4 is 28.7 Å². The van der Waals surface area contributed by atoms with Crippen LogP contribution in [-0.2, 0) is 11.8 Å².